The number of ether oxygens (including phenoxy) is 1. The number of piperazine rings is 1. The molecule has 0 aliphatic carbocycles. The Morgan fingerprint density at radius 1 is 1.27 bits per heavy atom. The average molecular weight is 549 g/mol. The number of carboxylic acid groups (broad SMARTS) is 1. The van der Waals surface area contributed by atoms with Crippen molar-refractivity contribution in [1.82, 2.24) is 19.5 Å². The summed E-state index contributed by atoms with van der Waals surface area (Å²) in [6.45, 7) is 3.96. The van der Waals surface area contributed by atoms with E-state index in [-0.39, 0.29) is 47.0 Å². The van der Waals surface area contributed by atoms with Crippen LogP contribution in [-0.2, 0) is 14.8 Å². The number of thiazole rings is 1. The third-order valence-corrected chi connectivity index (χ3v) is 9.90. The molecule has 0 radical (unpaired) electrons. The van der Waals surface area contributed by atoms with Gasteiger partial charge in [-0.05, 0) is 44.0 Å². The van der Waals surface area contributed by atoms with Crippen LogP contribution in [0.15, 0.2) is 28.5 Å². The van der Waals surface area contributed by atoms with Crippen LogP contribution >= 0.6 is 11.3 Å². The molecular weight excluding hydrogens is 520 g/mol. The Morgan fingerprint density at radius 2 is 1.92 bits per heavy atom. The second-order valence-corrected chi connectivity index (χ2v) is 12.2. The molecule has 0 saturated carbocycles. The van der Waals surface area contributed by atoms with E-state index in [1.165, 1.54) is 11.2 Å². The first-order valence-corrected chi connectivity index (χ1v) is 14.0. The summed E-state index contributed by atoms with van der Waals surface area (Å²) in [6.07, 6.45) is 0.426. The standard InChI is InChI=1S/C23H28N6O6S2/c1-14-21(36-22(25-14)26-15(2)30)37(33,34)28-11-18-5-6-19(12-28)29(18)10-17(27-23(31)32)13-35-20-7-3-16(9-24)4-8-20/h3-4,7-8,17-19,27H,5-6,10-13H2,1-2H3,(H,31,32)(H,25,26,30)/t17-,18?,19?/m0/s1. The Kier molecular flexibility index (Phi) is 7.98. The van der Waals surface area contributed by atoms with Crippen molar-refractivity contribution in [3.05, 3.63) is 35.5 Å². The highest BCUT2D eigenvalue weighted by Crippen LogP contribution is 2.36. The minimum absolute atomic E-state index is 0.0652. The van der Waals surface area contributed by atoms with Crippen LogP contribution < -0.4 is 15.4 Å². The Balaban J connectivity index is 1.43. The predicted molar refractivity (Wildman–Crippen MR) is 135 cm³/mol. The number of hydrogen-bond donors (Lipinski definition) is 3. The molecule has 3 N–H and O–H groups in total. The number of benzene rings is 1. The molecule has 2 amide bonds. The first kappa shape index (κ1) is 26.8. The van der Waals surface area contributed by atoms with E-state index in [1.54, 1.807) is 31.2 Å². The number of rotatable bonds is 9. The molecule has 3 heterocycles. The molecule has 1 aromatic heterocycles. The van der Waals surface area contributed by atoms with Crippen molar-refractivity contribution < 1.29 is 27.9 Å². The highest BCUT2D eigenvalue weighted by molar-refractivity contribution is 7.91. The largest absolute Gasteiger partial charge is 0.491 e. The number of nitrogens with zero attached hydrogens (tertiary/aromatic N) is 4. The quantitative estimate of drug-likeness (QED) is 0.424. The molecule has 2 aliphatic rings. The molecule has 3 atom stereocenters. The van der Waals surface area contributed by atoms with Gasteiger partial charge in [0.25, 0.3) is 10.0 Å². The summed E-state index contributed by atoms with van der Waals surface area (Å²) < 4.78 is 34.2. The minimum atomic E-state index is -3.80. The molecule has 1 aromatic carbocycles. The summed E-state index contributed by atoms with van der Waals surface area (Å²) in [7, 11) is -3.80. The number of amides is 2. The van der Waals surface area contributed by atoms with Gasteiger partial charge in [-0.15, -0.1) is 0 Å². The molecule has 198 valence electrons. The van der Waals surface area contributed by atoms with E-state index in [2.05, 4.69) is 20.5 Å². The maximum Gasteiger partial charge on any atom is 0.405 e. The monoisotopic (exact) mass is 548 g/mol. The molecule has 14 heteroatoms. The van der Waals surface area contributed by atoms with Gasteiger partial charge in [0, 0.05) is 38.6 Å². The lowest BCUT2D eigenvalue weighted by Gasteiger charge is -2.41. The van der Waals surface area contributed by atoms with Gasteiger partial charge in [-0.25, -0.2) is 18.2 Å². The van der Waals surface area contributed by atoms with E-state index in [0.717, 1.165) is 24.2 Å². The van der Waals surface area contributed by atoms with Crippen molar-refractivity contribution in [2.24, 2.45) is 0 Å². The number of aromatic nitrogens is 1. The molecule has 12 nitrogen and oxygen atoms in total. The maximum absolute atomic E-state index is 13.4. The third kappa shape index (κ3) is 6.19. The number of anilines is 1. The van der Waals surface area contributed by atoms with Crippen LogP contribution in [0, 0.1) is 18.3 Å². The van der Waals surface area contributed by atoms with Gasteiger partial charge < -0.3 is 20.5 Å². The van der Waals surface area contributed by atoms with Gasteiger partial charge in [-0.2, -0.15) is 9.57 Å². The highest BCUT2D eigenvalue weighted by Gasteiger charge is 2.45. The van der Waals surface area contributed by atoms with Gasteiger partial charge in [0.15, 0.2) is 9.34 Å². The second kappa shape index (κ2) is 11.0. The van der Waals surface area contributed by atoms with E-state index in [9.17, 15) is 23.1 Å². The lowest BCUT2D eigenvalue weighted by molar-refractivity contribution is -0.114. The summed E-state index contributed by atoms with van der Waals surface area (Å²) in [5.41, 5.74) is 0.839. The Hall–Kier alpha value is -3.25. The lowest BCUT2D eigenvalue weighted by Crippen LogP contribution is -2.58. The Labute approximate surface area is 218 Å². The average Bonchev–Trinajstić information content (AvgIpc) is 3.30. The Morgan fingerprint density at radius 3 is 2.49 bits per heavy atom. The number of carbonyl (C=O) groups is 2. The highest BCUT2D eigenvalue weighted by atomic mass is 32.2. The topological polar surface area (TPSA) is 165 Å². The first-order chi connectivity index (χ1) is 17.6. The van der Waals surface area contributed by atoms with Crippen LogP contribution in [0.2, 0.25) is 0 Å². The summed E-state index contributed by atoms with van der Waals surface area (Å²) >= 11 is 0.940. The van der Waals surface area contributed by atoms with Crippen LogP contribution in [0.1, 0.15) is 31.0 Å². The second-order valence-electron chi connectivity index (χ2n) is 9.07. The van der Waals surface area contributed by atoms with Gasteiger partial charge in [-0.1, -0.05) is 11.3 Å². The summed E-state index contributed by atoms with van der Waals surface area (Å²) in [5, 5.41) is 23.6. The van der Waals surface area contributed by atoms with Crippen molar-refractivity contribution in [2.45, 2.75) is 49.0 Å². The normalized spacial score (nSPS) is 20.7. The van der Waals surface area contributed by atoms with Gasteiger partial charge in [0.1, 0.15) is 12.4 Å². The zero-order chi connectivity index (χ0) is 26.7. The Bertz CT molecular complexity index is 1290. The zero-order valence-corrected chi connectivity index (χ0v) is 22.0. The van der Waals surface area contributed by atoms with Crippen molar-refractivity contribution in [1.29, 1.82) is 5.26 Å². The van der Waals surface area contributed by atoms with E-state index in [4.69, 9.17) is 10.00 Å². The molecular formula is C23H28N6O6S2. The fourth-order valence-corrected chi connectivity index (χ4v) is 7.89. The fourth-order valence-electron chi connectivity index (χ4n) is 4.78. The zero-order valence-electron chi connectivity index (χ0n) is 20.4. The number of hydrogen-bond acceptors (Lipinski definition) is 9. The summed E-state index contributed by atoms with van der Waals surface area (Å²) in [6, 6.07) is 7.92. The van der Waals surface area contributed by atoms with E-state index < -0.39 is 22.2 Å². The van der Waals surface area contributed by atoms with Crippen molar-refractivity contribution >= 4 is 38.5 Å². The number of aryl methyl sites for hydroxylation is 1. The minimum Gasteiger partial charge on any atom is -0.491 e. The molecule has 2 unspecified atom stereocenters. The molecule has 2 aromatic rings. The van der Waals surface area contributed by atoms with Crippen LogP contribution in [0.4, 0.5) is 9.93 Å². The fraction of sp³-hybridized carbons (Fsp3) is 0.478. The van der Waals surface area contributed by atoms with Gasteiger partial charge >= 0.3 is 6.09 Å². The number of nitrogens with one attached hydrogen (secondary N) is 2. The van der Waals surface area contributed by atoms with Crippen LogP contribution in [-0.4, -0.2) is 84.1 Å². The molecule has 2 saturated heterocycles. The van der Waals surface area contributed by atoms with Crippen LogP contribution in [0.25, 0.3) is 0 Å². The SMILES string of the molecule is CC(=O)Nc1nc(C)c(S(=O)(=O)N2CC3CCC(C2)N3C[C@@H](COc2ccc(C#N)cc2)NC(=O)O)s1. The number of fused-ring (bicyclic) bond motifs is 2. The molecule has 4 rings (SSSR count). The molecule has 2 aliphatic heterocycles. The van der Waals surface area contributed by atoms with Gasteiger partial charge in [0.2, 0.25) is 5.91 Å². The van der Waals surface area contributed by atoms with Crippen molar-refractivity contribution in [2.75, 3.05) is 31.6 Å². The number of carbonyl (C=O) groups excluding carboxylic acids is 1. The smallest absolute Gasteiger partial charge is 0.405 e. The van der Waals surface area contributed by atoms with Crippen LogP contribution in [0.5, 0.6) is 5.75 Å². The van der Waals surface area contributed by atoms with Crippen molar-refractivity contribution in [3.63, 3.8) is 0 Å². The molecule has 37 heavy (non-hydrogen) atoms. The number of sulfonamides is 1. The van der Waals surface area contributed by atoms with Gasteiger partial charge in [0.05, 0.1) is 23.4 Å². The number of nitriles is 1. The summed E-state index contributed by atoms with van der Waals surface area (Å²) in [4.78, 5) is 29.1. The lowest BCUT2D eigenvalue weighted by atomic mass is 10.1. The summed E-state index contributed by atoms with van der Waals surface area (Å²) in [5.74, 6) is 0.200. The molecule has 2 fully saturated rings. The maximum atomic E-state index is 13.4. The predicted octanol–water partition coefficient (Wildman–Crippen LogP) is 1.83. The van der Waals surface area contributed by atoms with E-state index >= 15 is 0 Å². The van der Waals surface area contributed by atoms with Crippen LogP contribution in [0.3, 0.4) is 0 Å². The van der Waals surface area contributed by atoms with E-state index in [1.807, 2.05) is 6.07 Å². The van der Waals surface area contributed by atoms with Gasteiger partial charge in [-0.3, -0.25) is 9.69 Å². The third-order valence-electron chi connectivity index (χ3n) is 6.40. The van der Waals surface area contributed by atoms with Crippen molar-refractivity contribution in [3.8, 4) is 11.8 Å². The van der Waals surface area contributed by atoms with E-state index in [0.29, 0.717) is 23.6 Å². The molecule has 2 bridgehead atoms. The first-order valence-electron chi connectivity index (χ1n) is 11.7. The molecule has 0 spiro atoms.